The van der Waals surface area contributed by atoms with E-state index in [4.69, 9.17) is 9.72 Å². The smallest absolute Gasteiger partial charge is 0.222 e. The first-order valence-corrected chi connectivity index (χ1v) is 8.33. The zero-order valence-corrected chi connectivity index (χ0v) is 12.9. The summed E-state index contributed by atoms with van der Waals surface area (Å²) in [6, 6.07) is 15.3. The van der Waals surface area contributed by atoms with E-state index < -0.39 is 0 Å². The number of ether oxygens (including phenoxy) is 1. The number of fused-ring (bicyclic) bond motifs is 4. The van der Waals surface area contributed by atoms with E-state index in [0.717, 1.165) is 30.2 Å². The molecule has 2 aliphatic rings. The van der Waals surface area contributed by atoms with Crippen molar-refractivity contribution < 1.29 is 4.74 Å². The zero-order valence-electron chi connectivity index (χ0n) is 12.9. The number of para-hydroxylation sites is 1. The maximum Gasteiger partial charge on any atom is 0.222 e. The fourth-order valence-electron chi connectivity index (χ4n) is 4.64. The topological polar surface area (TPSA) is 26.5 Å². The molecule has 2 bridgehead atoms. The van der Waals surface area contributed by atoms with Crippen molar-refractivity contribution in [3.05, 3.63) is 53.7 Å². The van der Waals surface area contributed by atoms with Gasteiger partial charge in [0, 0.05) is 16.7 Å². The van der Waals surface area contributed by atoms with Crippen LogP contribution >= 0.6 is 0 Å². The minimum absolute atomic E-state index is 0.459. The molecule has 2 unspecified atom stereocenters. The first-order valence-electron chi connectivity index (χ1n) is 8.33. The summed E-state index contributed by atoms with van der Waals surface area (Å²) in [4.78, 5) is 5.05. The van der Waals surface area contributed by atoms with Crippen LogP contribution in [0.15, 0.2) is 42.5 Å². The maximum atomic E-state index is 6.08. The van der Waals surface area contributed by atoms with Crippen LogP contribution in [0.1, 0.15) is 36.4 Å². The molecule has 2 atom stereocenters. The molecule has 0 saturated heterocycles. The fourth-order valence-corrected chi connectivity index (χ4v) is 4.64. The molecule has 0 spiro atoms. The number of nitrogens with zero attached hydrogens (tertiary/aromatic N) is 2. The molecule has 0 radical (unpaired) electrons. The number of rotatable bonds is 0. The van der Waals surface area contributed by atoms with Gasteiger partial charge in [0.2, 0.25) is 5.88 Å². The van der Waals surface area contributed by atoms with Gasteiger partial charge in [-0.1, -0.05) is 43.3 Å². The average molecular weight is 300 g/mol. The Kier molecular flexibility index (Phi) is 2.00. The Balaban J connectivity index is 2.02. The Morgan fingerprint density at radius 1 is 1.09 bits per heavy atom. The van der Waals surface area contributed by atoms with E-state index in [2.05, 4.69) is 53.8 Å². The standard InChI is InChI=1S/C20H16N2O/c1-11-12-6-4-7-15-14-5-2-3-8-16(14)22-19(17(12)15)21-18-13(11)9-10-23-20(18)22/h2-8,11,13H,9-10H2,1H3. The molecule has 0 amide bonds. The molecule has 3 nitrogen and oxygen atoms in total. The maximum absolute atomic E-state index is 6.08. The van der Waals surface area contributed by atoms with Crippen LogP contribution in [-0.4, -0.2) is 16.0 Å². The molecule has 0 N–H and O–H groups in total. The normalized spacial score (nSPS) is 22.1. The molecule has 0 fully saturated rings. The van der Waals surface area contributed by atoms with E-state index in [9.17, 15) is 0 Å². The summed E-state index contributed by atoms with van der Waals surface area (Å²) in [7, 11) is 0. The van der Waals surface area contributed by atoms with Gasteiger partial charge < -0.3 is 4.74 Å². The van der Waals surface area contributed by atoms with Crippen LogP contribution < -0.4 is 4.74 Å². The Hall–Kier alpha value is -2.55. The summed E-state index contributed by atoms with van der Waals surface area (Å²) < 4.78 is 8.33. The van der Waals surface area contributed by atoms with Gasteiger partial charge in [-0.05, 0) is 29.4 Å². The largest absolute Gasteiger partial charge is 0.477 e. The monoisotopic (exact) mass is 300 g/mol. The van der Waals surface area contributed by atoms with Crippen molar-refractivity contribution in [2.45, 2.75) is 25.2 Å². The highest BCUT2D eigenvalue weighted by Crippen LogP contribution is 2.49. The quantitative estimate of drug-likeness (QED) is 0.443. The van der Waals surface area contributed by atoms with Crippen LogP contribution in [0.25, 0.3) is 27.3 Å². The van der Waals surface area contributed by atoms with Gasteiger partial charge in [0.1, 0.15) is 11.3 Å². The molecule has 0 aliphatic carbocycles. The number of hydrogen-bond donors (Lipinski definition) is 0. The van der Waals surface area contributed by atoms with Gasteiger partial charge in [0.25, 0.3) is 0 Å². The lowest BCUT2D eigenvalue weighted by molar-refractivity contribution is 0.245. The van der Waals surface area contributed by atoms with E-state index in [-0.39, 0.29) is 0 Å². The predicted octanol–water partition coefficient (Wildman–Crippen LogP) is 4.62. The van der Waals surface area contributed by atoms with Gasteiger partial charge in [0.15, 0.2) is 0 Å². The summed E-state index contributed by atoms with van der Waals surface area (Å²) in [5.41, 5.74) is 4.84. The molecule has 2 aromatic carbocycles. The molecular weight excluding hydrogens is 284 g/mol. The van der Waals surface area contributed by atoms with Crippen LogP contribution in [-0.2, 0) is 0 Å². The van der Waals surface area contributed by atoms with Gasteiger partial charge in [-0.25, -0.2) is 4.98 Å². The second-order valence-electron chi connectivity index (χ2n) is 6.78. The SMILES string of the molecule is CC1c2cccc3c4ccccc4n4c5c(nc4c23)C1CCO5. The highest BCUT2D eigenvalue weighted by atomic mass is 16.5. The second-order valence-corrected chi connectivity index (χ2v) is 6.78. The third-order valence-corrected chi connectivity index (χ3v) is 5.73. The van der Waals surface area contributed by atoms with Crippen LogP contribution in [0.4, 0.5) is 0 Å². The first-order chi connectivity index (χ1) is 11.3. The Labute approximate surface area is 133 Å². The minimum Gasteiger partial charge on any atom is -0.477 e. The summed E-state index contributed by atoms with van der Waals surface area (Å²) in [6.07, 6.45) is 1.05. The third kappa shape index (κ3) is 1.26. The van der Waals surface area contributed by atoms with Crippen LogP contribution in [0.5, 0.6) is 5.88 Å². The Morgan fingerprint density at radius 2 is 1.96 bits per heavy atom. The first kappa shape index (κ1) is 11.9. The van der Waals surface area contributed by atoms with Crippen LogP contribution in [0.3, 0.4) is 0 Å². The van der Waals surface area contributed by atoms with Gasteiger partial charge in [-0.2, -0.15) is 0 Å². The number of hydrogen-bond acceptors (Lipinski definition) is 2. The molecule has 2 aromatic heterocycles. The van der Waals surface area contributed by atoms with E-state index >= 15 is 0 Å². The highest BCUT2D eigenvalue weighted by Gasteiger charge is 2.36. The molecule has 2 aliphatic heterocycles. The fraction of sp³-hybridized carbons (Fsp3) is 0.250. The van der Waals surface area contributed by atoms with Crippen molar-refractivity contribution in [3.63, 3.8) is 0 Å². The van der Waals surface area contributed by atoms with Crippen molar-refractivity contribution in [3.8, 4) is 5.88 Å². The minimum atomic E-state index is 0.459. The number of pyridine rings is 1. The molecular formula is C20H16N2O. The van der Waals surface area contributed by atoms with Crippen molar-refractivity contribution in [2.24, 2.45) is 0 Å². The van der Waals surface area contributed by atoms with Crippen molar-refractivity contribution >= 4 is 27.3 Å². The molecule has 4 aromatic rings. The third-order valence-electron chi connectivity index (χ3n) is 5.73. The average Bonchev–Trinajstić information content (AvgIpc) is 2.95. The van der Waals surface area contributed by atoms with E-state index in [1.54, 1.807) is 0 Å². The Bertz CT molecular complexity index is 1130. The van der Waals surface area contributed by atoms with Gasteiger partial charge in [0.05, 0.1) is 12.1 Å². The number of imidazole rings is 1. The van der Waals surface area contributed by atoms with E-state index in [1.807, 2.05) is 0 Å². The summed E-state index contributed by atoms with van der Waals surface area (Å²) in [5, 5.41) is 3.89. The van der Waals surface area contributed by atoms with Gasteiger partial charge in [-0.3, -0.25) is 4.40 Å². The van der Waals surface area contributed by atoms with E-state index in [0.29, 0.717) is 11.8 Å². The molecule has 6 rings (SSSR count). The second kappa shape index (κ2) is 3.85. The zero-order chi connectivity index (χ0) is 15.1. The lowest BCUT2D eigenvalue weighted by Gasteiger charge is -2.29. The van der Waals surface area contributed by atoms with Crippen LogP contribution in [0, 0.1) is 0 Å². The summed E-state index contributed by atoms with van der Waals surface area (Å²) in [5.74, 6) is 1.91. The molecule has 4 heterocycles. The highest BCUT2D eigenvalue weighted by molar-refractivity contribution is 6.13. The summed E-state index contributed by atoms with van der Waals surface area (Å²) in [6.45, 7) is 3.13. The molecule has 3 heteroatoms. The lowest BCUT2D eigenvalue weighted by atomic mass is 9.81. The van der Waals surface area contributed by atoms with E-state index in [1.165, 1.54) is 27.2 Å². The number of aromatic nitrogens is 2. The predicted molar refractivity (Wildman–Crippen MR) is 91.5 cm³/mol. The van der Waals surface area contributed by atoms with Gasteiger partial charge >= 0.3 is 0 Å². The molecule has 112 valence electrons. The van der Waals surface area contributed by atoms with Crippen LogP contribution in [0.2, 0.25) is 0 Å². The summed E-state index contributed by atoms with van der Waals surface area (Å²) >= 11 is 0. The van der Waals surface area contributed by atoms with Crippen molar-refractivity contribution in [2.75, 3.05) is 6.61 Å². The Morgan fingerprint density at radius 3 is 2.91 bits per heavy atom. The lowest BCUT2D eigenvalue weighted by Crippen LogP contribution is -2.20. The van der Waals surface area contributed by atoms with Crippen molar-refractivity contribution in [1.29, 1.82) is 0 Å². The number of benzene rings is 2. The van der Waals surface area contributed by atoms with Crippen molar-refractivity contribution in [1.82, 2.24) is 9.38 Å². The molecule has 23 heavy (non-hydrogen) atoms. The van der Waals surface area contributed by atoms with Gasteiger partial charge in [-0.15, -0.1) is 0 Å². The molecule has 0 saturated carbocycles.